The van der Waals surface area contributed by atoms with Crippen LogP contribution < -0.4 is 5.32 Å². The highest BCUT2D eigenvalue weighted by molar-refractivity contribution is 5.94. The monoisotopic (exact) mass is 487 g/mol. The molecule has 8 heteroatoms. The lowest BCUT2D eigenvalue weighted by Crippen LogP contribution is -2.59. The lowest BCUT2D eigenvalue weighted by Gasteiger charge is -2.46. The topological polar surface area (TPSA) is 71.9 Å². The molecule has 0 radical (unpaired) electrons. The van der Waals surface area contributed by atoms with Crippen LogP contribution in [0.5, 0.6) is 0 Å². The molecule has 1 aromatic heterocycles. The van der Waals surface area contributed by atoms with E-state index in [2.05, 4.69) is 21.8 Å². The summed E-state index contributed by atoms with van der Waals surface area (Å²) in [6, 6.07) is 0.402. The van der Waals surface area contributed by atoms with Gasteiger partial charge in [-0.15, -0.1) is 0 Å². The van der Waals surface area contributed by atoms with E-state index < -0.39 is 0 Å². The first-order chi connectivity index (χ1) is 17.2. The molecule has 4 aliphatic rings. The summed E-state index contributed by atoms with van der Waals surface area (Å²) in [6.07, 6.45) is 12.0. The SMILES string of the molecule is CCCn1nc(C(=O)N2CCOCC2)c2c1CCC(NCC1(N3CCOCC3)CCCCCC1)C2. The summed E-state index contributed by atoms with van der Waals surface area (Å²) in [4.78, 5) is 18.1. The van der Waals surface area contributed by atoms with Crippen LogP contribution in [0.1, 0.15) is 80.0 Å². The molecule has 2 saturated heterocycles. The Bertz CT molecular complexity index is 836. The normalized spacial score (nSPS) is 25.7. The third-order valence-electron chi connectivity index (χ3n) is 8.72. The zero-order valence-electron chi connectivity index (χ0n) is 21.7. The van der Waals surface area contributed by atoms with Crippen molar-refractivity contribution in [2.75, 3.05) is 59.2 Å². The van der Waals surface area contributed by atoms with Gasteiger partial charge in [0.15, 0.2) is 5.69 Å². The van der Waals surface area contributed by atoms with Gasteiger partial charge in [-0.05, 0) is 38.5 Å². The number of nitrogens with zero attached hydrogens (tertiary/aromatic N) is 4. The highest BCUT2D eigenvalue weighted by Gasteiger charge is 2.39. The smallest absolute Gasteiger partial charge is 0.274 e. The van der Waals surface area contributed by atoms with Crippen LogP contribution in [0, 0.1) is 0 Å². The zero-order chi connectivity index (χ0) is 24.1. The summed E-state index contributed by atoms with van der Waals surface area (Å²) in [6.45, 7) is 10.5. The number of aryl methyl sites for hydroxylation is 1. The Morgan fingerprint density at radius 3 is 2.40 bits per heavy atom. The van der Waals surface area contributed by atoms with Gasteiger partial charge in [-0.2, -0.15) is 5.10 Å². The predicted molar refractivity (Wildman–Crippen MR) is 136 cm³/mol. The summed E-state index contributed by atoms with van der Waals surface area (Å²) >= 11 is 0. The number of fused-ring (bicyclic) bond motifs is 1. The fourth-order valence-corrected chi connectivity index (χ4v) is 6.71. The second-order valence-electron chi connectivity index (χ2n) is 11.0. The van der Waals surface area contributed by atoms with Crippen molar-refractivity contribution in [1.29, 1.82) is 0 Å². The molecular weight excluding hydrogens is 442 g/mol. The van der Waals surface area contributed by atoms with Crippen molar-refractivity contribution in [3.63, 3.8) is 0 Å². The Kier molecular flexibility index (Phi) is 8.43. The van der Waals surface area contributed by atoms with Crippen molar-refractivity contribution < 1.29 is 14.3 Å². The lowest BCUT2D eigenvalue weighted by molar-refractivity contribution is -0.0297. The molecule has 0 aromatic carbocycles. The van der Waals surface area contributed by atoms with Crippen molar-refractivity contribution in [2.24, 2.45) is 0 Å². The van der Waals surface area contributed by atoms with E-state index in [1.165, 1.54) is 49.8 Å². The van der Waals surface area contributed by atoms with Gasteiger partial charge in [-0.3, -0.25) is 14.4 Å². The van der Waals surface area contributed by atoms with Crippen LogP contribution in [0.3, 0.4) is 0 Å². The number of nitrogens with one attached hydrogen (secondary N) is 1. The van der Waals surface area contributed by atoms with Crippen LogP contribution in [0.25, 0.3) is 0 Å². The Balaban J connectivity index is 1.31. The van der Waals surface area contributed by atoms with Crippen molar-refractivity contribution in [1.82, 2.24) is 24.9 Å². The van der Waals surface area contributed by atoms with Gasteiger partial charge in [0.2, 0.25) is 0 Å². The molecule has 3 fully saturated rings. The minimum atomic E-state index is 0.0913. The molecule has 1 N–H and O–H groups in total. The van der Waals surface area contributed by atoms with Crippen LogP contribution >= 0.6 is 0 Å². The highest BCUT2D eigenvalue weighted by Crippen LogP contribution is 2.34. The highest BCUT2D eigenvalue weighted by atomic mass is 16.5. The summed E-state index contributed by atoms with van der Waals surface area (Å²) in [5.41, 5.74) is 3.43. The molecule has 1 aromatic rings. The minimum absolute atomic E-state index is 0.0913. The maximum atomic E-state index is 13.5. The quantitative estimate of drug-likeness (QED) is 0.597. The lowest BCUT2D eigenvalue weighted by atomic mass is 9.85. The van der Waals surface area contributed by atoms with Crippen LogP contribution in [0.2, 0.25) is 0 Å². The molecule has 1 amide bonds. The zero-order valence-corrected chi connectivity index (χ0v) is 21.7. The van der Waals surface area contributed by atoms with Crippen LogP contribution in [-0.4, -0.2) is 96.2 Å². The van der Waals surface area contributed by atoms with Gasteiger partial charge in [0.05, 0.1) is 26.4 Å². The third kappa shape index (κ3) is 5.60. The van der Waals surface area contributed by atoms with E-state index in [-0.39, 0.29) is 11.4 Å². The predicted octanol–water partition coefficient (Wildman–Crippen LogP) is 2.64. The second kappa shape index (κ2) is 11.7. The maximum Gasteiger partial charge on any atom is 0.274 e. The first-order valence-electron chi connectivity index (χ1n) is 14.2. The van der Waals surface area contributed by atoms with Gasteiger partial charge < -0.3 is 19.7 Å². The van der Waals surface area contributed by atoms with Crippen LogP contribution in [0.4, 0.5) is 0 Å². The maximum absolute atomic E-state index is 13.5. The van der Waals surface area contributed by atoms with Gasteiger partial charge in [-0.25, -0.2) is 0 Å². The number of rotatable bonds is 7. The Morgan fingerprint density at radius 2 is 1.71 bits per heavy atom. The van der Waals surface area contributed by atoms with Gasteiger partial charge in [0, 0.05) is 62.1 Å². The second-order valence-corrected chi connectivity index (χ2v) is 11.0. The summed E-state index contributed by atoms with van der Waals surface area (Å²) < 4.78 is 13.3. The fraction of sp³-hybridized carbons (Fsp3) is 0.852. The number of amides is 1. The molecule has 5 rings (SSSR count). The van der Waals surface area contributed by atoms with Crippen LogP contribution in [-0.2, 0) is 28.9 Å². The average Bonchev–Trinajstić information content (AvgIpc) is 3.09. The molecule has 3 heterocycles. The van der Waals surface area contributed by atoms with Crippen molar-refractivity contribution in [3.05, 3.63) is 17.0 Å². The number of aromatic nitrogens is 2. The van der Waals surface area contributed by atoms with E-state index in [1.54, 1.807) is 0 Å². The Labute approximate surface area is 210 Å². The molecule has 35 heavy (non-hydrogen) atoms. The molecule has 196 valence electrons. The number of hydrogen-bond donors (Lipinski definition) is 1. The van der Waals surface area contributed by atoms with E-state index in [9.17, 15) is 4.79 Å². The Hall–Kier alpha value is -1.48. The molecule has 1 saturated carbocycles. The Morgan fingerprint density at radius 1 is 1.03 bits per heavy atom. The average molecular weight is 488 g/mol. The molecule has 2 aliphatic carbocycles. The van der Waals surface area contributed by atoms with Crippen molar-refractivity contribution in [2.45, 2.75) is 89.3 Å². The summed E-state index contributed by atoms with van der Waals surface area (Å²) in [7, 11) is 0. The molecule has 8 nitrogen and oxygen atoms in total. The molecule has 0 spiro atoms. The standard InChI is InChI=1S/C27H45N5O3/c1-2-11-32-24-8-7-22(20-23(24)25(29-32)26(33)30-12-16-34-17-13-30)28-21-27(9-5-3-4-6-10-27)31-14-18-35-19-15-31/h22,28H,2-21H2,1H3. The van der Waals surface area contributed by atoms with Gasteiger partial charge in [0.1, 0.15) is 0 Å². The number of carbonyl (C=O) groups is 1. The summed E-state index contributed by atoms with van der Waals surface area (Å²) in [5.74, 6) is 0.0913. The number of hydrogen-bond acceptors (Lipinski definition) is 6. The van der Waals surface area contributed by atoms with E-state index in [1.807, 2.05) is 4.90 Å². The third-order valence-corrected chi connectivity index (χ3v) is 8.72. The molecule has 2 aliphatic heterocycles. The van der Waals surface area contributed by atoms with Gasteiger partial charge >= 0.3 is 0 Å². The van der Waals surface area contributed by atoms with Crippen molar-refractivity contribution >= 4 is 5.91 Å². The number of carbonyl (C=O) groups excluding carboxylic acids is 1. The summed E-state index contributed by atoms with van der Waals surface area (Å²) in [5, 5.41) is 8.90. The molecule has 0 bridgehead atoms. The molecule has 1 unspecified atom stereocenters. The van der Waals surface area contributed by atoms with E-state index in [0.29, 0.717) is 38.0 Å². The number of ether oxygens (including phenoxy) is 2. The van der Waals surface area contributed by atoms with Crippen LogP contribution in [0.15, 0.2) is 0 Å². The number of morpholine rings is 2. The van der Waals surface area contributed by atoms with Crippen molar-refractivity contribution in [3.8, 4) is 0 Å². The van der Waals surface area contributed by atoms with E-state index in [4.69, 9.17) is 14.6 Å². The first kappa shape index (κ1) is 25.2. The van der Waals surface area contributed by atoms with Gasteiger partial charge in [-0.1, -0.05) is 32.6 Å². The first-order valence-corrected chi connectivity index (χ1v) is 14.2. The van der Waals surface area contributed by atoms with E-state index in [0.717, 1.165) is 65.1 Å². The minimum Gasteiger partial charge on any atom is -0.379 e. The van der Waals surface area contributed by atoms with E-state index >= 15 is 0 Å². The largest absolute Gasteiger partial charge is 0.379 e. The molecule has 1 atom stereocenters. The van der Waals surface area contributed by atoms with Gasteiger partial charge in [0.25, 0.3) is 5.91 Å². The molecular formula is C27H45N5O3. The fourth-order valence-electron chi connectivity index (χ4n) is 6.71.